The van der Waals surface area contributed by atoms with Crippen molar-refractivity contribution < 1.29 is 98.4 Å². The Hall–Kier alpha value is 3.88. The molecule has 4 heteroatoms. The van der Waals surface area contributed by atoms with Gasteiger partial charge in [0.05, 0.1) is 0 Å². The monoisotopic (exact) mass is 390 g/mol. The molecular weight excluding hydrogens is 389 g/mol. The van der Waals surface area contributed by atoms with E-state index in [1.54, 1.807) is 0 Å². The first-order chi connectivity index (χ1) is 0. The zero-order chi connectivity index (χ0) is 0. The van der Waals surface area contributed by atoms with Crippen molar-refractivity contribution in [2.75, 3.05) is 0 Å². The topological polar surface area (TPSA) is 0 Å². The second kappa shape index (κ2) is 15.8. The van der Waals surface area contributed by atoms with Crippen LogP contribution in [-0.2, 0) is 16.5 Å². The summed E-state index contributed by atoms with van der Waals surface area (Å²) in [5.74, 6) is 0. The van der Waals surface area contributed by atoms with Gasteiger partial charge in [-0.15, -0.1) is 0 Å². The van der Waals surface area contributed by atoms with E-state index in [-0.39, 0.29) is 121 Å². The van der Waals surface area contributed by atoms with Crippen LogP contribution in [0.2, 0.25) is 0 Å². The Morgan fingerprint density at radius 1 is 1.25 bits per heavy atom. The average molecular weight is 391 g/mol. The molecular formula is H2HoMgNiPr. The number of hydrogen-bond acceptors (Lipinski definition) is 0. The zero-order valence-electron chi connectivity index (χ0n) is 3.90. The van der Waals surface area contributed by atoms with Crippen LogP contribution < -0.4 is 0 Å². The molecule has 0 aromatic rings. The first-order valence-electron chi connectivity index (χ1n) is 0. The van der Waals surface area contributed by atoms with E-state index in [0.29, 0.717) is 0 Å². The maximum atomic E-state index is 0. The Balaban J connectivity index is 0. The molecule has 0 atom stereocenters. The third-order valence-corrected chi connectivity index (χ3v) is 0. The Morgan fingerprint density at radius 2 is 1.25 bits per heavy atom. The van der Waals surface area contributed by atoms with Gasteiger partial charge in [0.25, 0.3) is 0 Å². The van der Waals surface area contributed by atoms with E-state index in [9.17, 15) is 0 Å². The molecule has 0 aromatic heterocycles. The van der Waals surface area contributed by atoms with Crippen LogP contribution in [0.4, 0.5) is 0 Å². The minimum absolute atomic E-state index is 0. The molecule has 4 heavy (non-hydrogen) atoms. The summed E-state index contributed by atoms with van der Waals surface area (Å²) < 4.78 is 0. The van der Waals surface area contributed by atoms with Crippen molar-refractivity contribution in [3.8, 4) is 0 Å². The fourth-order valence-electron chi connectivity index (χ4n) is 0. The van der Waals surface area contributed by atoms with Crippen molar-refractivity contribution in [2.24, 2.45) is 0 Å². The van der Waals surface area contributed by atoms with E-state index in [2.05, 4.69) is 0 Å². The quantitative estimate of drug-likeness (QED) is 0.504. The van der Waals surface area contributed by atoms with Crippen molar-refractivity contribution in [2.45, 2.75) is 0 Å². The molecule has 0 aliphatic carbocycles. The Labute approximate surface area is 118 Å². The third-order valence-electron chi connectivity index (χ3n) is 0. The van der Waals surface area contributed by atoms with Gasteiger partial charge in [-0.25, -0.2) is 0 Å². The summed E-state index contributed by atoms with van der Waals surface area (Å²) in [5, 5.41) is 0. The fourth-order valence-corrected chi connectivity index (χ4v) is 0. The van der Waals surface area contributed by atoms with Crippen molar-refractivity contribution in [3.63, 3.8) is 0 Å². The van der Waals surface area contributed by atoms with Gasteiger partial charge in [-0.1, -0.05) is 0 Å². The molecule has 0 N–H and O–H groups in total. The molecule has 0 saturated heterocycles. The number of hydrogen-bond donors (Lipinski definition) is 0. The molecule has 0 saturated carbocycles. The molecule has 2 radical (unpaired) electrons. The predicted molar refractivity (Wildman–Crippen MR) is 7.98 cm³/mol. The Bertz CT molecular complexity index is 13.5. The van der Waals surface area contributed by atoms with Gasteiger partial charge in [-0.2, -0.15) is 0 Å². The second-order valence-electron chi connectivity index (χ2n) is 0. The summed E-state index contributed by atoms with van der Waals surface area (Å²) in [4.78, 5) is 0. The largest absolute Gasteiger partial charge is 2.00 e. The van der Waals surface area contributed by atoms with Gasteiger partial charge in [0.2, 0.25) is 0 Å². The molecule has 0 aliphatic rings. The van der Waals surface area contributed by atoms with Gasteiger partial charge >= 0.3 is 23.1 Å². The smallest absolute Gasteiger partial charge is 1.00 e. The molecule has 0 bridgehead atoms. The normalized spacial score (nSPS) is 0. The van der Waals surface area contributed by atoms with Crippen molar-refractivity contribution in [1.82, 2.24) is 0 Å². The van der Waals surface area contributed by atoms with Gasteiger partial charge in [-0.05, 0) is 0 Å². The molecule has 0 aliphatic heterocycles. The molecule has 28 valence electrons. The molecule has 0 rings (SSSR count). The van der Waals surface area contributed by atoms with Crippen LogP contribution in [0.3, 0.4) is 0 Å². The summed E-state index contributed by atoms with van der Waals surface area (Å²) in [6.07, 6.45) is 0. The van der Waals surface area contributed by atoms with Gasteiger partial charge in [0.1, 0.15) is 0 Å². The minimum atomic E-state index is 0. The van der Waals surface area contributed by atoms with Crippen LogP contribution in [0.15, 0.2) is 0 Å². The molecule has 0 aromatic carbocycles. The van der Waals surface area contributed by atoms with E-state index in [1.807, 2.05) is 0 Å². The molecule has 0 nitrogen and oxygen atoms in total. The van der Waals surface area contributed by atoms with E-state index < -0.39 is 0 Å². The number of rotatable bonds is 0. The van der Waals surface area contributed by atoms with Crippen LogP contribution in [0.1, 0.15) is 2.85 Å². The van der Waals surface area contributed by atoms with E-state index in [4.69, 9.17) is 0 Å². The van der Waals surface area contributed by atoms with Gasteiger partial charge in [-0.3, -0.25) is 0 Å². The van der Waals surface area contributed by atoms with Crippen molar-refractivity contribution >= 4 is 23.1 Å². The standard InChI is InChI=1S/Ho.Mg.Ni.Pr.2H/q;+2;;;2*-1. The molecule has 0 fully saturated rings. The second-order valence-corrected chi connectivity index (χ2v) is 0. The van der Waals surface area contributed by atoms with Gasteiger partial charge in [0.15, 0.2) is 0 Å². The first kappa shape index (κ1) is 24.8. The summed E-state index contributed by atoms with van der Waals surface area (Å²) >= 11 is 0. The molecule has 0 heterocycles. The van der Waals surface area contributed by atoms with Crippen LogP contribution in [-0.4, -0.2) is 23.1 Å². The van der Waals surface area contributed by atoms with Gasteiger partial charge < -0.3 is 2.85 Å². The fraction of sp³-hybridized carbons (Fsp3) is 0. The first-order valence-corrected chi connectivity index (χ1v) is 0. The Morgan fingerprint density at radius 3 is 1.25 bits per heavy atom. The van der Waals surface area contributed by atoms with E-state index in [0.717, 1.165) is 0 Å². The zero-order valence-corrected chi connectivity index (χ0v) is 9.94. The van der Waals surface area contributed by atoms with Crippen LogP contribution in [0.25, 0.3) is 0 Å². The van der Waals surface area contributed by atoms with Crippen molar-refractivity contribution in [3.05, 3.63) is 0 Å². The maximum absolute atomic E-state index is 0. The summed E-state index contributed by atoms with van der Waals surface area (Å²) in [6, 6.07) is 0. The third kappa shape index (κ3) is 9.30. The summed E-state index contributed by atoms with van der Waals surface area (Å²) in [6.45, 7) is 0. The molecule has 0 spiro atoms. The Kier molecular flexibility index (Phi) is 97.8. The predicted octanol–water partition coefficient (Wildman–Crippen LogP) is -0.158. The minimum Gasteiger partial charge on any atom is -1.00 e. The summed E-state index contributed by atoms with van der Waals surface area (Å²) in [5.41, 5.74) is 0. The van der Waals surface area contributed by atoms with Gasteiger partial charge in [0, 0.05) is 95.5 Å². The SMILES string of the molecule is [H-].[H-].[Ho].[Mg+2].[Ni].[Pr]. The van der Waals surface area contributed by atoms with E-state index in [1.165, 1.54) is 0 Å². The molecule has 0 amide bonds. The van der Waals surface area contributed by atoms with Crippen LogP contribution in [0.5, 0.6) is 0 Å². The van der Waals surface area contributed by atoms with E-state index >= 15 is 0 Å². The molecule has 0 unspecified atom stereocenters. The summed E-state index contributed by atoms with van der Waals surface area (Å²) in [7, 11) is 0. The van der Waals surface area contributed by atoms with Crippen LogP contribution >= 0.6 is 0 Å². The average Bonchev–Trinajstić information content (AvgIpc) is 0. The van der Waals surface area contributed by atoms with Crippen molar-refractivity contribution in [1.29, 1.82) is 0 Å². The maximum Gasteiger partial charge on any atom is 2.00 e. The van der Waals surface area contributed by atoms with Crippen LogP contribution in [0, 0.1) is 79.0 Å².